The molecule has 0 aromatic carbocycles. The maximum Gasteiger partial charge on any atom is 0.326 e. The zero-order valence-electron chi connectivity index (χ0n) is 20.0. The van der Waals surface area contributed by atoms with E-state index >= 15 is 0 Å². The SMILES string of the molecule is CSCCC(NC(=O)C(CC(C)C)NC(=O)C(CS)NC(=O)C(N)CCCN=C(N)N)C(=O)O. The largest absolute Gasteiger partial charge is 0.480 e. The molecule has 0 aromatic heterocycles. The van der Waals surface area contributed by atoms with Gasteiger partial charge in [-0.2, -0.15) is 24.4 Å². The molecular formula is C20H39N7O5S2. The summed E-state index contributed by atoms with van der Waals surface area (Å²) in [4.78, 5) is 53.2. The van der Waals surface area contributed by atoms with Crippen molar-refractivity contribution in [1.82, 2.24) is 16.0 Å². The maximum absolute atomic E-state index is 12.8. The summed E-state index contributed by atoms with van der Waals surface area (Å²) in [5.41, 5.74) is 16.4. The maximum atomic E-state index is 12.8. The first-order chi connectivity index (χ1) is 15.9. The molecule has 0 fully saturated rings. The number of aliphatic carboxylic acids is 1. The summed E-state index contributed by atoms with van der Waals surface area (Å²) in [6, 6.07) is -3.96. The molecule has 4 atom stereocenters. The summed E-state index contributed by atoms with van der Waals surface area (Å²) in [5, 5.41) is 17.0. The van der Waals surface area contributed by atoms with Crippen LogP contribution in [0.5, 0.6) is 0 Å². The van der Waals surface area contributed by atoms with Crippen LogP contribution in [0.3, 0.4) is 0 Å². The standard InChI is InChI=1S/C20H39N7O5S2/c1-11(2)9-14(17(29)25-13(19(31)32)6-8-34-3)26-18(30)15(10-33)27-16(28)12(21)5-4-7-24-20(22)23/h11-15,33H,4-10,21H2,1-3H3,(H,25,29)(H,26,30)(H,27,28)(H,31,32)(H4,22,23,24). The number of carbonyl (C=O) groups excluding carboxylic acids is 3. The van der Waals surface area contributed by atoms with Crippen molar-refractivity contribution in [1.29, 1.82) is 0 Å². The topological polar surface area (TPSA) is 215 Å². The van der Waals surface area contributed by atoms with E-state index in [4.69, 9.17) is 17.2 Å². The summed E-state index contributed by atoms with van der Waals surface area (Å²) in [7, 11) is 0. The van der Waals surface area contributed by atoms with Gasteiger partial charge in [-0.3, -0.25) is 19.4 Å². The monoisotopic (exact) mass is 521 g/mol. The highest BCUT2D eigenvalue weighted by Gasteiger charge is 2.30. The van der Waals surface area contributed by atoms with Crippen LogP contribution in [0.25, 0.3) is 0 Å². The molecule has 10 N–H and O–H groups in total. The van der Waals surface area contributed by atoms with E-state index < -0.39 is 47.9 Å². The van der Waals surface area contributed by atoms with Crippen LogP contribution < -0.4 is 33.2 Å². The van der Waals surface area contributed by atoms with Crippen LogP contribution in [-0.2, 0) is 19.2 Å². The van der Waals surface area contributed by atoms with Gasteiger partial charge in [0.05, 0.1) is 6.04 Å². The minimum atomic E-state index is -1.15. The number of amides is 3. The number of aliphatic imine (C=N–C) groups is 1. The van der Waals surface area contributed by atoms with Gasteiger partial charge in [0, 0.05) is 12.3 Å². The number of nitrogens with one attached hydrogen (secondary N) is 3. The predicted octanol–water partition coefficient (Wildman–Crippen LogP) is -1.36. The lowest BCUT2D eigenvalue weighted by atomic mass is 10.0. The van der Waals surface area contributed by atoms with Crippen molar-refractivity contribution in [3.05, 3.63) is 0 Å². The molecule has 0 spiro atoms. The summed E-state index contributed by atoms with van der Waals surface area (Å²) in [6.07, 6.45) is 3.14. The molecule has 0 aliphatic carbocycles. The van der Waals surface area contributed by atoms with E-state index in [0.717, 1.165) is 0 Å². The normalized spacial score (nSPS) is 14.4. The highest BCUT2D eigenvalue weighted by molar-refractivity contribution is 7.98. The number of carboxylic acids is 1. The average molecular weight is 522 g/mol. The Morgan fingerprint density at radius 3 is 2.03 bits per heavy atom. The number of carboxylic acid groups (broad SMARTS) is 1. The van der Waals surface area contributed by atoms with E-state index in [-0.39, 0.29) is 30.5 Å². The van der Waals surface area contributed by atoms with E-state index in [1.54, 1.807) is 0 Å². The minimum absolute atomic E-state index is 0.0280. The molecule has 12 nitrogen and oxygen atoms in total. The van der Waals surface area contributed by atoms with Gasteiger partial charge in [0.2, 0.25) is 17.7 Å². The quantitative estimate of drug-likeness (QED) is 0.0490. The van der Waals surface area contributed by atoms with Crippen molar-refractivity contribution in [3.8, 4) is 0 Å². The first kappa shape index (κ1) is 31.8. The fraction of sp³-hybridized carbons (Fsp3) is 0.750. The molecule has 0 aromatic rings. The van der Waals surface area contributed by atoms with Crippen molar-refractivity contribution in [3.63, 3.8) is 0 Å². The lowest BCUT2D eigenvalue weighted by Crippen LogP contribution is -2.57. The van der Waals surface area contributed by atoms with Crippen LogP contribution >= 0.6 is 24.4 Å². The van der Waals surface area contributed by atoms with Gasteiger partial charge >= 0.3 is 5.97 Å². The van der Waals surface area contributed by atoms with Gasteiger partial charge in [-0.1, -0.05) is 13.8 Å². The second-order valence-corrected chi connectivity index (χ2v) is 9.52. The first-order valence-electron chi connectivity index (χ1n) is 11.0. The summed E-state index contributed by atoms with van der Waals surface area (Å²) >= 11 is 5.59. The van der Waals surface area contributed by atoms with E-state index in [9.17, 15) is 24.3 Å². The fourth-order valence-corrected chi connectivity index (χ4v) is 3.59. The van der Waals surface area contributed by atoms with Crippen molar-refractivity contribution in [2.75, 3.05) is 24.3 Å². The van der Waals surface area contributed by atoms with E-state index in [0.29, 0.717) is 25.1 Å². The Balaban J connectivity index is 5.11. The van der Waals surface area contributed by atoms with Crippen LogP contribution in [0, 0.1) is 5.92 Å². The Morgan fingerprint density at radius 1 is 0.971 bits per heavy atom. The summed E-state index contributed by atoms with van der Waals surface area (Å²) < 4.78 is 0. The van der Waals surface area contributed by atoms with Gasteiger partial charge < -0.3 is 38.3 Å². The average Bonchev–Trinajstić information content (AvgIpc) is 2.75. The molecular weight excluding hydrogens is 482 g/mol. The second-order valence-electron chi connectivity index (χ2n) is 8.17. The second kappa shape index (κ2) is 17.3. The third kappa shape index (κ3) is 13.5. The van der Waals surface area contributed by atoms with Crippen LogP contribution in [0.1, 0.15) is 39.5 Å². The molecule has 0 rings (SSSR count). The number of rotatable bonds is 17. The van der Waals surface area contributed by atoms with Crippen LogP contribution in [0.4, 0.5) is 0 Å². The first-order valence-corrected chi connectivity index (χ1v) is 13.0. The Hall–Kier alpha value is -2.19. The molecule has 0 aliphatic heterocycles. The number of thiol groups is 1. The molecule has 0 heterocycles. The Morgan fingerprint density at radius 2 is 1.53 bits per heavy atom. The van der Waals surface area contributed by atoms with Gasteiger partial charge in [0.25, 0.3) is 0 Å². The molecule has 0 bridgehead atoms. The van der Waals surface area contributed by atoms with Crippen LogP contribution in [0.2, 0.25) is 0 Å². The number of thioether (sulfide) groups is 1. The highest BCUT2D eigenvalue weighted by Crippen LogP contribution is 2.08. The molecule has 3 amide bonds. The molecule has 0 aliphatic rings. The molecule has 196 valence electrons. The smallest absolute Gasteiger partial charge is 0.326 e. The van der Waals surface area contributed by atoms with Crippen LogP contribution in [0.15, 0.2) is 4.99 Å². The van der Waals surface area contributed by atoms with Gasteiger partial charge in [-0.25, -0.2) is 4.79 Å². The Bertz CT molecular complexity index is 705. The van der Waals surface area contributed by atoms with E-state index in [1.165, 1.54) is 11.8 Å². The van der Waals surface area contributed by atoms with Gasteiger partial charge in [-0.05, 0) is 43.6 Å². The number of nitrogens with zero attached hydrogens (tertiary/aromatic N) is 1. The molecule has 4 unspecified atom stereocenters. The van der Waals surface area contributed by atoms with Gasteiger partial charge in [0.15, 0.2) is 5.96 Å². The van der Waals surface area contributed by atoms with Crippen molar-refractivity contribution < 1.29 is 24.3 Å². The van der Waals surface area contributed by atoms with Crippen molar-refractivity contribution in [2.24, 2.45) is 28.1 Å². The fourth-order valence-electron chi connectivity index (χ4n) is 2.86. The molecule has 0 saturated heterocycles. The molecule has 34 heavy (non-hydrogen) atoms. The third-order valence-corrected chi connectivity index (χ3v) is 5.69. The minimum Gasteiger partial charge on any atom is -0.480 e. The summed E-state index contributed by atoms with van der Waals surface area (Å²) in [6.45, 7) is 4.06. The zero-order chi connectivity index (χ0) is 26.3. The molecule has 0 saturated carbocycles. The Labute approximate surface area is 210 Å². The predicted molar refractivity (Wildman–Crippen MR) is 138 cm³/mol. The number of carbonyl (C=O) groups is 4. The van der Waals surface area contributed by atoms with Gasteiger partial charge in [0.1, 0.15) is 18.1 Å². The number of hydrogen-bond donors (Lipinski definition) is 8. The molecule has 14 heteroatoms. The number of guanidine groups is 1. The molecule has 0 radical (unpaired) electrons. The van der Waals surface area contributed by atoms with Crippen molar-refractivity contribution in [2.45, 2.75) is 63.7 Å². The van der Waals surface area contributed by atoms with Crippen LogP contribution in [-0.4, -0.2) is 83.2 Å². The lowest BCUT2D eigenvalue weighted by molar-refractivity contribution is -0.142. The summed E-state index contributed by atoms with van der Waals surface area (Å²) in [5.74, 6) is -2.41. The van der Waals surface area contributed by atoms with Crippen molar-refractivity contribution >= 4 is 54.0 Å². The Kier molecular flexibility index (Phi) is 16.2. The van der Waals surface area contributed by atoms with E-state index in [1.807, 2.05) is 20.1 Å². The highest BCUT2D eigenvalue weighted by atomic mass is 32.2. The number of hydrogen-bond acceptors (Lipinski definition) is 8. The van der Waals surface area contributed by atoms with Gasteiger partial charge in [-0.15, -0.1) is 0 Å². The zero-order valence-corrected chi connectivity index (χ0v) is 21.7. The lowest BCUT2D eigenvalue weighted by Gasteiger charge is -2.25. The van der Waals surface area contributed by atoms with E-state index in [2.05, 4.69) is 33.6 Å². The third-order valence-electron chi connectivity index (χ3n) is 4.69. The number of nitrogens with two attached hydrogens (primary N) is 3.